The first-order valence-electron chi connectivity index (χ1n) is 7.39. The second-order valence-corrected chi connectivity index (χ2v) is 5.88. The summed E-state index contributed by atoms with van der Waals surface area (Å²) < 4.78 is 13.7. The van der Waals surface area contributed by atoms with Gasteiger partial charge in [-0.05, 0) is 37.5 Å². The maximum absolute atomic E-state index is 13.7. The Balaban J connectivity index is 1.95. The van der Waals surface area contributed by atoms with Crippen molar-refractivity contribution in [1.29, 1.82) is 0 Å². The average molecular weight is 308 g/mol. The third-order valence-electron chi connectivity index (χ3n) is 4.04. The second kappa shape index (κ2) is 6.87. The quantitative estimate of drug-likeness (QED) is 0.835. The number of carbonyl (C=O) groups is 2. The molecular formula is C16H21FN2O3. The molecular weight excluding hydrogens is 287 g/mol. The molecule has 0 aliphatic heterocycles. The molecule has 5 nitrogen and oxygen atoms in total. The molecule has 6 heteroatoms. The molecule has 1 aliphatic rings. The van der Waals surface area contributed by atoms with Crippen LogP contribution in [0.4, 0.5) is 10.1 Å². The van der Waals surface area contributed by atoms with Gasteiger partial charge in [-0.25, -0.2) is 4.39 Å². The Kier molecular flexibility index (Phi) is 5.13. The third kappa shape index (κ3) is 3.82. The van der Waals surface area contributed by atoms with E-state index in [0.717, 1.165) is 24.8 Å². The molecule has 1 fully saturated rings. The van der Waals surface area contributed by atoms with Crippen molar-refractivity contribution in [3.63, 3.8) is 0 Å². The number of likely N-dealkylation sites (N-methyl/N-ethyl adjacent to an activating group) is 1. The van der Waals surface area contributed by atoms with Crippen LogP contribution in [0, 0.1) is 18.7 Å². The summed E-state index contributed by atoms with van der Waals surface area (Å²) in [5, 5.41) is 12.1. The number of amides is 2. The van der Waals surface area contributed by atoms with Gasteiger partial charge in [0, 0.05) is 19.5 Å². The molecule has 0 spiro atoms. The molecule has 2 atom stereocenters. The molecule has 1 aliphatic carbocycles. The minimum atomic E-state index is -0.877. The number of nitrogens with zero attached hydrogens (tertiary/aromatic N) is 1. The number of aliphatic hydroxyl groups excluding tert-OH is 1. The summed E-state index contributed by atoms with van der Waals surface area (Å²) in [5.41, 5.74) is 0.715. The molecule has 2 N–H and O–H groups in total. The number of aryl methyl sites for hydroxylation is 1. The Morgan fingerprint density at radius 3 is 2.73 bits per heavy atom. The van der Waals surface area contributed by atoms with Gasteiger partial charge in [0.2, 0.25) is 0 Å². The fraction of sp³-hybridized carbons (Fsp3) is 0.500. The summed E-state index contributed by atoms with van der Waals surface area (Å²) >= 11 is 0. The van der Waals surface area contributed by atoms with E-state index in [-0.39, 0.29) is 11.6 Å². The van der Waals surface area contributed by atoms with Crippen LogP contribution < -0.4 is 5.32 Å². The fourth-order valence-electron chi connectivity index (χ4n) is 2.74. The highest BCUT2D eigenvalue weighted by Gasteiger charge is 2.29. The smallest absolute Gasteiger partial charge is 0.313 e. The molecule has 2 unspecified atom stereocenters. The van der Waals surface area contributed by atoms with Crippen LogP contribution >= 0.6 is 0 Å². The number of carbonyl (C=O) groups excluding carboxylic acids is 2. The van der Waals surface area contributed by atoms with Crippen LogP contribution in [-0.2, 0) is 9.59 Å². The lowest BCUT2D eigenvalue weighted by molar-refractivity contribution is -0.142. The van der Waals surface area contributed by atoms with Crippen LogP contribution in [0.5, 0.6) is 0 Å². The van der Waals surface area contributed by atoms with Crippen molar-refractivity contribution in [3.05, 3.63) is 29.6 Å². The summed E-state index contributed by atoms with van der Waals surface area (Å²) in [7, 11) is 1.51. The molecule has 2 rings (SSSR count). The minimum absolute atomic E-state index is 0.00198. The Morgan fingerprint density at radius 1 is 1.41 bits per heavy atom. The van der Waals surface area contributed by atoms with Crippen molar-refractivity contribution in [2.75, 3.05) is 18.9 Å². The maximum Gasteiger partial charge on any atom is 0.313 e. The van der Waals surface area contributed by atoms with Gasteiger partial charge >= 0.3 is 11.8 Å². The molecule has 120 valence electrons. The Hall–Kier alpha value is -1.95. The zero-order chi connectivity index (χ0) is 16.3. The minimum Gasteiger partial charge on any atom is -0.393 e. The number of hydrogen-bond donors (Lipinski definition) is 2. The van der Waals surface area contributed by atoms with Crippen LogP contribution in [0.3, 0.4) is 0 Å². The van der Waals surface area contributed by atoms with Crippen LogP contribution in [0.1, 0.15) is 24.8 Å². The van der Waals surface area contributed by atoms with Crippen molar-refractivity contribution in [2.24, 2.45) is 5.92 Å². The van der Waals surface area contributed by atoms with Crippen molar-refractivity contribution in [2.45, 2.75) is 32.3 Å². The maximum atomic E-state index is 13.7. The highest BCUT2D eigenvalue weighted by molar-refractivity contribution is 6.39. The van der Waals surface area contributed by atoms with E-state index < -0.39 is 23.7 Å². The van der Waals surface area contributed by atoms with Crippen LogP contribution in [-0.4, -0.2) is 41.5 Å². The van der Waals surface area contributed by atoms with Gasteiger partial charge in [0.25, 0.3) is 0 Å². The van der Waals surface area contributed by atoms with E-state index in [0.29, 0.717) is 6.54 Å². The number of hydrogen-bond acceptors (Lipinski definition) is 3. The Labute approximate surface area is 129 Å². The van der Waals surface area contributed by atoms with E-state index in [4.69, 9.17) is 0 Å². The molecule has 0 aromatic heterocycles. The van der Waals surface area contributed by atoms with Gasteiger partial charge in [0.05, 0.1) is 11.8 Å². The fourth-order valence-corrected chi connectivity index (χ4v) is 2.74. The zero-order valence-corrected chi connectivity index (χ0v) is 12.8. The lowest BCUT2D eigenvalue weighted by Crippen LogP contribution is -2.41. The van der Waals surface area contributed by atoms with E-state index in [1.54, 1.807) is 13.0 Å². The molecule has 0 radical (unpaired) electrons. The van der Waals surface area contributed by atoms with E-state index >= 15 is 0 Å². The lowest BCUT2D eigenvalue weighted by atomic mass is 10.1. The van der Waals surface area contributed by atoms with E-state index in [1.165, 1.54) is 24.1 Å². The monoisotopic (exact) mass is 308 g/mol. The van der Waals surface area contributed by atoms with E-state index in [2.05, 4.69) is 5.32 Å². The van der Waals surface area contributed by atoms with E-state index in [9.17, 15) is 19.1 Å². The van der Waals surface area contributed by atoms with Crippen molar-refractivity contribution in [1.82, 2.24) is 4.90 Å². The number of rotatable bonds is 3. The van der Waals surface area contributed by atoms with Gasteiger partial charge in [-0.15, -0.1) is 0 Å². The van der Waals surface area contributed by atoms with E-state index in [1.807, 2.05) is 0 Å². The highest BCUT2D eigenvalue weighted by atomic mass is 19.1. The molecule has 1 aromatic carbocycles. The van der Waals surface area contributed by atoms with Gasteiger partial charge in [-0.1, -0.05) is 12.5 Å². The lowest BCUT2D eigenvalue weighted by Gasteiger charge is -2.22. The van der Waals surface area contributed by atoms with Crippen LogP contribution in [0.25, 0.3) is 0 Å². The predicted molar refractivity (Wildman–Crippen MR) is 80.8 cm³/mol. The number of halogens is 1. The molecule has 1 aromatic rings. The standard InChI is InChI=1S/C16H21FN2O3/c1-10-6-7-13(12(17)8-10)18-15(21)16(22)19(2)9-11-4-3-5-14(11)20/h6-8,11,14,20H,3-5,9H2,1-2H3,(H,18,21). The topological polar surface area (TPSA) is 69.6 Å². The van der Waals surface area contributed by atoms with Gasteiger partial charge in [-0.2, -0.15) is 0 Å². The van der Waals surface area contributed by atoms with Crippen molar-refractivity contribution in [3.8, 4) is 0 Å². The summed E-state index contributed by atoms with van der Waals surface area (Å²) in [5.74, 6) is -2.19. The summed E-state index contributed by atoms with van der Waals surface area (Å²) in [6.45, 7) is 2.06. The molecule has 1 saturated carbocycles. The SMILES string of the molecule is Cc1ccc(NC(=O)C(=O)N(C)CC2CCCC2O)c(F)c1. The first kappa shape index (κ1) is 16.4. The molecule has 0 bridgehead atoms. The largest absolute Gasteiger partial charge is 0.393 e. The highest BCUT2D eigenvalue weighted by Crippen LogP contribution is 2.26. The first-order valence-corrected chi connectivity index (χ1v) is 7.39. The zero-order valence-electron chi connectivity index (χ0n) is 12.8. The van der Waals surface area contributed by atoms with Crippen molar-refractivity contribution < 1.29 is 19.1 Å². The second-order valence-electron chi connectivity index (χ2n) is 5.88. The Bertz CT molecular complexity index is 577. The van der Waals surface area contributed by atoms with Crippen LogP contribution in [0.2, 0.25) is 0 Å². The number of nitrogens with one attached hydrogen (secondary N) is 1. The first-order chi connectivity index (χ1) is 10.4. The number of anilines is 1. The van der Waals surface area contributed by atoms with Gasteiger partial charge in [-0.3, -0.25) is 9.59 Å². The van der Waals surface area contributed by atoms with Crippen molar-refractivity contribution >= 4 is 17.5 Å². The Morgan fingerprint density at radius 2 is 2.14 bits per heavy atom. The molecule has 22 heavy (non-hydrogen) atoms. The van der Waals surface area contributed by atoms with Gasteiger partial charge in [0.15, 0.2) is 0 Å². The van der Waals surface area contributed by atoms with Crippen LogP contribution in [0.15, 0.2) is 18.2 Å². The van der Waals surface area contributed by atoms with Gasteiger partial charge in [0.1, 0.15) is 5.82 Å². The number of benzene rings is 1. The average Bonchev–Trinajstić information content (AvgIpc) is 2.86. The summed E-state index contributed by atoms with van der Waals surface area (Å²) in [6.07, 6.45) is 2.07. The van der Waals surface area contributed by atoms with Gasteiger partial charge < -0.3 is 15.3 Å². The molecule has 0 heterocycles. The molecule has 2 amide bonds. The predicted octanol–water partition coefficient (Wildman–Crippen LogP) is 1.69. The summed E-state index contributed by atoms with van der Waals surface area (Å²) in [4.78, 5) is 25.2. The number of aliphatic hydroxyl groups is 1. The third-order valence-corrected chi connectivity index (χ3v) is 4.04. The molecule has 0 saturated heterocycles. The summed E-state index contributed by atoms with van der Waals surface area (Å²) in [6, 6.07) is 4.37. The normalized spacial score (nSPS) is 20.7.